The first-order valence-electron chi connectivity index (χ1n) is 6.46. The van der Waals surface area contributed by atoms with Crippen LogP contribution in [0.3, 0.4) is 0 Å². The van der Waals surface area contributed by atoms with Gasteiger partial charge in [-0.3, -0.25) is 4.79 Å². The molecule has 1 aromatic heterocycles. The van der Waals surface area contributed by atoms with Crippen LogP contribution in [0.15, 0.2) is 53.3 Å². The van der Waals surface area contributed by atoms with E-state index in [1.165, 1.54) is 0 Å². The fourth-order valence-corrected chi connectivity index (χ4v) is 2.65. The van der Waals surface area contributed by atoms with Crippen LogP contribution in [0.4, 0.5) is 0 Å². The van der Waals surface area contributed by atoms with Crippen molar-refractivity contribution in [1.82, 2.24) is 4.57 Å². The third kappa shape index (κ3) is 1.66. The number of epoxide rings is 1. The van der Waals surface area contributed by atoms with Crippen LogP contribution in [0.1, 0.15) is 0 Å². The van der Waals surface area contributed by atoms with Crippen molar-refractivity contribution in [3.63, 3.8) is 0 Å². The summed E-state index contributed by atoms with van der Waals surface area (Å²) < 4.78 is 7.54. The lowest BCUT2D eigenvalue weighted by Crippen LogP contribution is -2.13. The number of hydrogen-bond acceptors (Lipinski definition) is 2. The van der Waals surface area contributed by atoms with E-state index in [0.29, 0.717) is 0 Å². The summed E-state index contributed by atoms with van der Waals surface area (Å²) in [6, 6.07) is 15.6. The summed E-state index contributed by atoms with van der Waals surface area (Å²) in [6.07, 6.45) is 0.286. The van der Waals surface area contributed by atoms with E-state index in [2.05, 4.69) is 4.57 Å². The summed E-state index contributed by atoms with van der Waals surface area (Å²) in [5.74, 6) is 0. The summed E-state index contributed by atoms with van der Waals surface area (Å²) in [4.78, 5) is 12.5. The van der Waals surface area contributed by atoms with Gasteiger partial charge in [-0.05, 0) is 24.3 Å². The number of pyridine rings is 1. The largest absolute Gasteiger partial charge is 0.371 e. The van der Waals surface area contributed by atoms with Crippen molar-refractivity contribution < 1.29 is 4.74 Å². The van der Waals surface area contributed by atoms with Crippen LogP contribution >= 0.6 is 0 Å². The van der Waals surface area contributed by atoms with Gasteiger partial charge in [0.05, 0.1) is 30.3 Å². The number of nitrogens with zero attached hydrogens (tertiary/aromatic N) is 1. The Labute approximate surface area is 110 Å². The van der Waals surface area contributed by atoms with Crippen molar-refractivity contribution in [2.75, 3.05) is 6.61 Å². The van der Waals surface area contributed by atoms with Gasteiger partial charge in [-0.15, -0.1) is 0 Å². The first-order chi connectivity index (χ1) is 9.34. The van der Waals surface area contributed by atoms with E-state index in [-0.39, 0.29) is 11.5 Å². The number of para-hydroxylation sites is 2. The third-order valence-corrected chi connectivity index (χ3v) is 3.67. The second-order valence-corrected chi connectivity index (χ2v) is 4.93. The van der Waals surface area contributed by atoms with E-state index in [1.807, 2.05) is 48.5 Å². The van der Waals surface area contributed by atoms with E-state index in [4.69, 9.17) is 4.74 Å². The Balaban J connectivity index is 2.18. The molecule has 0 radical (unpaired) electrons. The second-order valence-electron chi connectivity index (χ2n) is 4.93. The van der Waals surface area contributed by atoms with Gasteiger partial charge in [-0.25, -0.2) is 0 Å². The summed E-state index contributed by atoms with van der Waals surface area (Å²) in [7, 11) is 0. The minimum Gasteiger partial charge on any atom is -0.371 e. The van der Waals surface area contributed by atoms with Crippen LogP contribution < -0.4 is 5.43 Å². The monoisotopic (exact) mass is 251 g/mol. The summed E-state index contributed by atoms with van der Waals surface area (Å²) >= 11 is 0. The molecule has 0 amide bonds. The van der Waals surface area contributed by atoms with Gasteiger partial charge in [0.2, 0.25) is 0 Å². The highest BCUT2D eigenvalue weighted by Gasteiger charge is 2.24. The summed E-state index contributed by atoms with van der Waals surface area (Å²) in [6.45, 7) is 1.62. The van der Waals surface area contributed by atoms with Gasteiger partial charge in [-0.2, -0.15) is 0 Å². The smallest absolute Gasteiger partial charge is 0.197 e. The van der Waals surface area contributed by atoms with Gasteiger partial charge in [0, 0.05) is 10.8 Å². The predicted octanol–water partition coefficient (Wildman–Crippen LogP) is 2.55. The average Bonchev–Trinajstić information content (AvgIpc) is 3.28. The minimum absolute atomic E-state index is 0.110. The molecule has 3 heteroatoms. The van der Waals surface area contributed by atoms with Gasteiger partial charge < -0.3 is 9.30 Å². The maximum Gasteiger partial charge on any atom is 0.197 e. The number of hydrogen-bond donors (Lipinski definition) is 0. The zero-order valence-corrected chi connectivity index (χ0v) is 10.4. The topological polar surface area (TPSA) is 34.5 Å². The molecular formula is C16H13NO2. The Morgan fingerprint density at radius 1 is 1.00 bits per heavy atom. The van der Waals surface area contributed by atoms with E-state index in [0.717, 1.165) is 35.0 Å². The molecule has 2 aromatic carbocycles. The highest BCUT2D eigenvalue weighted by molar-refractivity contribution is 5.93. The zero-order valence-electron chi connectivity index (χ0n) is 10.4. The highest BCUT2D eigenvalue weighted by atomic mass is 16.6. The Morgan fingerprint density at radius 3 is 2.05 bits per heavy atom. The molecule has 1 aliphatic heterocycles. The Kier molecular flexibility index (Phi) is 2.23. The van der Waals surface area contributed by atoms with E-state index < -0.39 is 0 Å². The molecule has 1 saturated heterocycles. The van der Waals surface area contributed by atoms with Crippen molar-refractivity contribution >= 4 is 21.8 Å². The number of aromatic nitrogens is 1. The second kappa shape index (κ2) is 3.93. The molecule has 94 valence electrons. The van der Waals surface area contributed by atoms with Crippen molar-refractivity contribution in [2.24, 2.45) is 0 Å². The maximum absolute atomic E-state index is 12.5. The van der Waals surface area contributed by atoms with Crippen LogP contribution in [0, 0.1) is 0 Å². The molecule has 3 nitrogen and oxygen atoms in total. The Morgan fingerprint density at radius 2 is 1.53 bits per heavy atom. The first kappa shape index (κ1) is 10.8. The van der Waals surface area contributed by atoms with Crippen LogP contribution in [-0.4, -0.2) is 17.3 Å². The molecule has 4 rings (SSSR count). The standard InChI is InChI=1S/C16H13NO2/c18-16-12-5-1-3-7-14(12)17(9-11-10-19-11)15-8-4-2-6-13(15)16/h1-8,11H,9-10H2/t11-/m1/s1. The van der Waals surface area contributed by atoms with Crippen LogP contribution in [0.5, 0.6) is 0 Å². The Bertz CT molecular complexity index is 771. The quantitative estimate of drug-likeness (QED) is 0.518. The molecule has 1 fully saturated rings. The number of rotatable bonds is 2. The number of benzene rings is 2. The van der Waals surface area contributed by atoms with E-state index in [9.17, 15) is 4.79 Å². The van der Waals surface area contributed by atoms with Crippen molar-refractivity contribution in [2.45, 2.75) is 12.6 Å². The zero-order chi connectivity index (χ0) is 12.8. The first-order valence-corrected chi connectivity index (χ1v) is 6.46. The normalized spacial score (nSPS) is 18.0. The molecule has 1 atom stereocenters. The number of ether oxygens (including phenoxy) is 1. The summed E-state index contributed by atoms with van der Waals surface area (Å²) in [5.41, 5.74) is 2.09. The van der Waals surface area contributed by atoms with Gasteiger partial charge >= 0.3 is 0 Å². The molecule has 0 N–H and O–H groups in total. The molecule has 1 aliphatic rings. The van der Waals surface area contributed by atoms with Crippen molar-refractivity contribution in [1.29, 1.82) is 0 Å². The average molecular weight is 251 g/mol. The van der Waals surface area contributed by atoms with Crippen LogP contribution in [0.2, 0.25) is 0 Å². The van der Waals surface area contributed by atoms with E-state index in [1.54, 1.807) is 0 Å². The third-order valence-electron chi connectivity index (χ3n) is 3.67. The molecule has 3 aromatic rings. The lowest BCUT2D eigenvalue weighted by Gasteiger charge is -2.13. The fourth-order valence-electron chi connectivity index (χ4n) is 2.65. The summed E-state index contributed by atoms with van der Waals surface area (Å²) in [5, 5.41) is 1.56. The molecule has 2 heterocycles. The van der Waals surface area contributed by atoms with Crippen LogP contribution in [0.25, 0.3) is 21.8 Å². The minimum atomic E-state index is 0.110. The van der Waals surface area contributed by atoms with Gasteiger partial charge in [-0.1, -0.05) is 24.3 Å². The molecule has 19 heavy (non-hydrogen) atoms. The molecule has 0 saturated carbocycles. The molecule has 0 aliphatic carbocycles. The lowest BCUT2D eigenvalue weighted by atomic mass is 10.1. The predicted molar refractivity (Wildman–Crippen MR) is 75.5 cm³/mol. The molecular weight excluding hydrogens is 238 g/mol. The van der Waals surface area contributed by atoms with Crippen molar-refractivity contribution in [3.05, 3.63) is 58.8 Å². The van der Waals surface area contributed by atoms with Gasteiger partial charge in [0.25, 0.3) is 0 Å². The lowest BCUT2D eigenvalue weighted by molar-refractivity contribution is 0.387. The van der Waals surface area contributed by atoms with Gasteiger partial charge in [0.1, 0.15) is 0 Å². The highest BCUT2D eigenvalue weighted by Crippen LogP contribution is 2.22. The maximum atomic E-state index is 12.5. The number of fused-ring (bicyclic) bond motifs is 2. The molecule has 0 spiro atoms. The van der Waals surface area contributed by atoms with E-state index >= 15 is 0 Å². The fraction of sp³-hybridized carbons (Fsp3) is 0.188. The van der Waals surface area contributed by atoms with Gasteiger partial charge in [0.15, 0.2) is 5.43 Å². The van der Waals surface area contributed by atoms with Crippen LogP contribution in [-0.2, 0) is 11.3 Å². The Hall–Kier alpha value is -2.13. The molecule has 0 unspecified atom stereocenters. The molecule has 0 bridgehead atoms. The SMILES string of the molecule is O=c1c2ccccc2n(C[C@@H]2CO2)c2ccccc12. The van der Waals surface area contributed by atoms with Crippen molar-refractivity contribution in [3.8, 4) is 0 Å².